The highest BCUT2D eigenvalue weighted by Crippen LogP contribution is 2.44. The quantitative estimate of drug-likeness (QED) is 0.366. The first kappa shape index (κ1) is 20.7. The van der Waals surface area contributed by atoms with Gasteiger partial charge in [0.25, 0.3) is 0 Å². The summed E-state index contributed by atoms with van der Waals surface area (Å²) in [5, 5.41) is 13.2. The second-order valence-corrected chi connectivity index (χ2v) is 6.76. The largest absolute Gasteiger partial charge is 0.457 e. The first-order valence-corrected chi connectivity index (χ1v) is 9.11. The maximum Gasteiger partial charge on any atom is 0.311 e. The van der Waals surface area contributed by atoms with Gasteiger partial charge in [-0.25, -0.2) is 0 Å². The molecule has 2 aliphatic rings. The molecule has 0 spiro atoms. The summed E-state index contributed by atoms with van der Waals surface area (Å²) < 4.78 is 15.3. The van der Waals surface area contributed by atoms with Crippen LogP contribution in [0.4, 0.5) is 5.69 Å². The van der Waals surface area contributed by atoms with Gasteiger partial charge in [0.1, 0.15) is 24.6 Å². The Morgan fingerprint density at radius 1 is 1.14 bits per heavy atom. The summed E-state index contributed by atoms with van der Waals surface area (Å²) in [5.41, 5.74) is 0.550. The Morgan fingerprint density at radius 3 is 2.48 bits per heavy atom. The molecule has 29 heavy (non-hydrogen) atoms. The van der Waals surface area contributed by atoms with Gasteiger partial charge >= 0.3 is 11.9 Å². The number of hydrogen-bond acceptors (Lipinski definition) is 8. The Balaban J connectivity index is 1.62. The first-order valence-electron chi connectivity index (χ1n) is 9.11. The summed E-state index contributed by atoms with van der Waals surface area (Å²) in [5.74, 6) is -3.65. The average Bonchev–Trinajstić information content (AvgIpc) is 3.23. The van der Waals surface area contributed by atoms with E-state index in [-0.39, 0.29) is 12.8 Å². The van der Waals surface area contributed by atoms with Gasteiger partial charge < -0.3 is 29.4 Å². The van der Waals surface area contributed by atoms with E-state index in [2.05, 4.69) is 16.6 Å². The summed E-state index contributed by atoms with van der Waals surface area (Å²) in [6.07, 6.45) is -3.25. The molecule has 0 saturated carbocycles. The molecule has 2 heterocycles. The zero-order valence-corrected chi connectivity index (χ0v) is 15.4. The molecule has 3 rings (SSSR count). The van der Waals surface area contributed by atoms with Crippen LogP contribution in [0.15, 0.2) is 43.2 Å². The SMILES string of the molecule is C=COC(=O)CCC(=O)OC1C(O)C2OC1C(C=O)C2C(=O)Nc1ccccc1. The van der Waals surface area contributed by atoms with Crippen molar-refractivity contribution in [2.75, 3.05) is 5.32 Å². The molecule has 2 fully saturated rings. The van der Waals surface area contributed by atoms with Crippen molar-refractivity contribution in [3.63, 3.8) is 0 Å². The number of aliphatic hydroxyl groups excluding tert-OH is 1. The molecule has 154 valence electrons. The lowest BCUT2D eigenvalue weighted by Gasteiger charge is -2.32. The minimum absolute atomic E-state index is 0.220. The van der Waals surface area contributed by atoms with Crippen molar-refractivity contribution in [3.8, 4) is 0 Å². The highest BCUT2D eigenvalue weighted by atomic mass is 16.6. The van der Waals surface area contributed by atoms with Gasteiger partial charge in [-0.1, -0.05) is 24.8 Å². The molecule has 2 N–H and O–H groups in total. The molecular weight excluding hydrogens is 382 g/mol. The maximum atomic E-state index is 12.7. The van der Waals surface area contributed by atoms with Crippen LogP contribution < -0.4 is 5.32 Å². The van der Waals surface area contributed by atoms with Crippen LogP contribution >= 0.6 is 0 Å². The van der Waals surface area contributed by atoms with Crippen LogP contribution in [0, 0.1) is 11.8 Å². The van der Waals surface area contributed by atoms with E-state index in [9.17, 15) is 24.3 Å². The second kappa shape index (κ2) is 8.97. The molecule has 2 aliphatic heterocycles. The molecule has 1 aromatic rings. The van der Waals surface area contributed by atoms with Crippen molar-refractivity contribution in [2.24, 2.45) is 11.8 Å². The lowest BCUT2D eigenvalue weighted by Crippen LogP contribution is -2.52. The summed E-state index contributed by atoms with van der Waals surface area (Å²) in [6.45, 7) is 3.24. The summed E-state index contributed by atoms with van der Waals surface area (Å²) in [4.78, 5) is 47.6. The molecule has 9 heteroatoms. The van der Waals surface area contributed by atoms with E-state index in [0.29, 0.717) is 12.0 Å². The van der Waals surface area contributed by atoms with E-state index < -0.39 is 54.1 Å². The van der Waals surface area contributed by atoms with Crippen LogP contribution in [0.2, 0.25) is 0 Å². The Kier molecular flexibility index (Phi) is 6.40. The Hall–Kier alpha value is -3.04. The number of ether oxygens (including phenoxy) is 3. The van der Waals surface area contributed by atoms with Crippen LogP contribution in [0.1, 0.15) is 12.8 Å². The number of para-hydroxylation sites is 1. The number of anilines is 1. The molecule has 2 saturated heterocycles. The predicted molar refractivity (Wildman–Crippen MR) is 98.2 cm³/mol. The standard InChI is InChI=1S/C20H21NO8/c1-2-27-13(23)8-9-14(24)28-19-16(25)18-15(12(10-22)17(19)29-18)20(26)21-11-6-4-3-5-7-11/h2-7,10,12,15-19,25H,1,8-9H2,(H,21,26). The Labute approximate surface area is 166 Å². The zero-order chi connectivity index (χ0) is 21.0. The minimum atomic E-state index is -1.27. The van der Waals surface area contributed by atoms with Crippen LogP contribution in [0.25, 0.3) is 0 Å². The highest BCUT2D eigenvalue weighted by Gasteiger charge is 2.63. The van der Waals surface area contributed by atoms with Crippen LogP contribution in [-0.4, -0.2) is 53.7 Å². The zero-order valence-electron chi connectivity index (χ0n) is 15.4. The third kappa shape index (κ3) is 4.36. The number of amides is 1. The van der Waals surface area contributed by atoms with Crippen molar-refractivity contribution in [1.82, 2.24) is 0 Å². The number of aldehydes is 1. The van der Waals surface area contributed by atoms with Gasteiger partial charge in [0.05, 0.1) is 30.9 Å². The molecule has 6 unspecified atom stereocenters. The second-order valence-electron chi connectivity index (χ2n) is 6.76. The van der Waals surface area contributed by atoms with Crippen LogP contribution in [0.3, 0.4) is 0 Å². The molecule has 1 aromatic carbocycles. The van der Waals surface area contributed by atoms with Gasteiger partial charge in [0, 0.05) is 5.69 Å². The normalized spacial score (nSPS) is 29.7. The van der Waals surface area contributed by atoms with Crippen molar-refractivity contribution >= 4 is 29.8 Å². The smallest absolute Gasteiger partial charge is 0.311 e. The number of hydrogen-bond donors (Lipinski definition) is 2. The monoisotopic (exact) mass is 403 g/mol. The Morgan fingerprint density at radius 2 is 1.83 bits per heavy atom. The van der Waals surface area contributed by atoms with E-state index >= 15 is 0 Å². The van der Waals surface area contributed by atoms with Gasteiger partial charge in [0.15, 0.2) is 6.10 Å². The van der Waals surface area contributed by atoms with Crippen molar-refractivity contribution < 1.29 is 38.5 Å². The lowest BCUT2D eigenvalue weighted by atomic mass is 9.76. The number of benzene rings is 1. The van der Waals surface area contributed by atoms with E-state index in [1.54, 1.807) is 30.3 Å². The third-order valence-corrected chi connectivity index (χ3v) is 4.98. The highest BCUT2D eigenvalue weighted by molar-refractivity contribution is 5.95. The molecule has 0 radical (unpaired) electrons. The molecular formula is C20H21NO8. The molecule has 0 aromatic heterocycles. The fourth-order valence-corrected chi connectivity index (χ4v) is 3.69. The minimum Gasteiger partial charge on any atom is -0.457 e. The molecule has 0 aliphatic carbocycles. The first-order chi connectivity index (χ1) is 14.0. The van der Waals surface area contributed by atoms with Gasteiger partial charge in [-0.2, -0.15) is 0 Å². The molecule has 2 bridgehead atoms. The lowest BCUT2D eigenvalue weighted by molar-refractivity contribution is -0.161. The molecule has 1 amide bonds. The summed E-state index contributed by atoms with van der Waals surface area (Å²) in [7, 11) is 0. The van der Waals surface area contributed by atoms with E-state index in [0.717, 1.165) is 6.26 Å². The Bertz CT molecular complexity index is 795. The van der Waals surface area contributed by atoms with Crippen molar-refractivity contribution in [1.29, 1.82) is 0 Å². The van der Waals surface area contributed by atoms with Crippen LogP contribution in [-0.2, 0) is 33.4 Å². The summed E-state index contributed by atoms with van der Waals surface area (Å²) in [6, 6.07) is 8.68. The number of aliphatic hydroxyl groups is 1. The van der Waals surface area contributed by atoms with Gasteiger partial charge in [-0.3, -0.25) is 14.4 Å². The fraction of sp³-hybridized carbons (Fsp3) is 0.400. The van der Waals surface area contributed by atoms with E-state index in [1.807, 2.05) is 0 Å². The number of nitrogens with one attached hydrogen (secondary N) is 1. The van der Waals surface area contributed by atoms with Crippen molar-refractivity contribution in [2.45, 2.75) is 37.3 Å². The van der Waals surface area contributed by atoms with E-state index in [4.69, 9.17) is 9.47 Å². The van der Waals surface area contributed by atoms with Crippen LogP contribution in [0.5, 0.6) is 0 Å². The number of carbonyl (C=O) groups excluding carboxylic acids is 4. The number of fused-ring (bicyclic) bond motifs is 2. The van der Waals surface area contributed by atoms with Gasteiger partial charge in [-0.05, 0) is 12.1 Å². The summed E-state index contributed by atoms with van der Waals surface area (Å²) >= 11 is 0. The third-order valence-electron chi connectivity index (χ3n) is 4.98. The van der Waals surface area contributed by atoms with Gasteiger partial charge in [-0.15, -0.1) is 0 Å². The number of carbonyl (C=O) groups is 4. The number of rotatable bonds is 8. The van der Waals surface area contributed by atoms with Gasteiger partial charge in [0.2, 0.25) is 5.91 Å². The maximum absolute atomic E-state index is 12.7. The predicted octanol–water partition coefficient (Wildman–Crippen LogP) is 0.577. The average molecular weight is 403 g/mol. The number of esters is 2. The van der Waals surface area contributed by atoms with E-state index in [1.165, 1.54) is 0 Å². The fourth-order valence-electron chi connectivity index (χ4n) is 3.69. The molecule has 9 nitrogen and oxygen atoms in total. The topological polar surface area (TPSA) is 128 Å². The van der Waals surface area contributed by atoms with Crippen molar-refractivity contribution in [3.05, 3.63) is 43.2 Å². The molecule has 6 atom stereocenters.